The van der Waals surface area contributed by atoms with E-state index in [2.05, 4.69) is 113 Å². The summed E-state index contributed by atoms with van der Waals surface area (Å²) in [6.07, 6.45) is 0. The standard InChI is InChI=1S/C28H19BrO/c1-30-28(24-16-8-6-12-20(24)21-13-7-9-17-25(21)28)27(29)26-22-14-4-2-10-18(22)19-11-3-5-15-23(19)26/h2-17H,1H3. The molecule has 0 aromatic heterocycles. The fraction of sp³-hybridized carbons (Fsp3) is 0.0714. The van der Waals surface area contributed by atoms with Crippen LogP contribution in [-0.4, -0.2) is 7.11 Å². The summed E-state index contributed by atoms with van der Waals surface area (Å²) in [7, 11) is 1.81. The second-order valence-electron chi connectivity index (χ2n) is 7.76. The summed E-state index contributed by atoms with van der Waals surface area (Å²) in [6.45, 7) is 0. The second-order valence-corrected chi connectivity index (χ2v) is 8.55. The second kappa shape index (κ2) is 6.53. The molecule has 0 amide bonds. The smallest absolute Gasteiger partial charge is 0.151 e. The molecule has 2 aliphatic carbocycles. The van der Waals surface area contributed by atoms with Crippen LogP contribution in [0, 0.1) is 0 Å². The molecule has 30 heavy (non-hydrogen) atoms. The fourth-order valence-corrected chi connectivity index (χ4v) is 6.19. The number of halogens is 1. The van der Waals surface area contributed by atoms with E-state index < -0.39 is 5.60 Å². The van der Waals surface area contributed by atoms with Crippen LogP contribution < -0.4 is 0 Å². The Balaban J connectivity index is 1.75. The van der Waals surface area contributed by atoms with Gasteiger partial charge in [0.25, 0.3) is 0 Å². The van der Waals surface area contributed by atoms with E-state index in [4.69, 9.17) is 4.74 Å². The quantitative estimate of drug-likeness (QED) is 0.272. The molecule has 6 rings (SSSR count). The monoisotopic (exact) mass is 450 g/mol. The van der Waals surface area contributed by atoms with Crippen LogP contribution in [0.15, 0.2) is 102 Å². The molecule has 0 fully saturated rings. The highest BCUT2D eigenvalue weighted by Gasteiger charge is 2.47. The average Bonchev–Trinajstić information content (AvgIpc) is 3.30. The molecule has 4 aromatic carbocycles. The van der Waals surface area contributed by atoms with Crippen LogP contribution >= 0.6 is 15.9 Å². The number of hydrogen-bond acceptors (Lipinski definition) is 1. The molecule has 4 aromatic rings. The van der Waals surface area contributed by atoms with Crippen molar-refractivity contribution < 1.29 is 4.74 Å². The molecule has 2 heteroatoms. The third-order valence-corrected chi connectivity index (χ3v) is 7.38. The van der Waals surface area contributed by atoms with E-state index in [0.29, 0.717) is 0 Å². The summed E-state index contributed by atoms with van der Waals surface area (Å²) >= 11 is 4.08. The van der Waals surface area contributed by atoms with Crippen molar-refractivity contribution in [2.75, 3.05) is 7.11 Å². The van der Waals surface area contributed by atoms with Crippen LogP contribution in [0.25, 0.3) is 27.8 Å². The Hall–Kier alpha value is -2.94. The molecule has 0 atom stereocenters. The molecule has 0 N–H and O–H groups in total. The lowest BCUT2D eigenvalue weighted by molar-refractivity contribution is 0.0672. The van der Waals surface area contributed by atoms with E-state index in [1.165, 1.54) is 50.1 Å². The highest BCUT2D eigenvalue weighted by atomic mass is 79.9. The van der Waals surface area contributed by atoms with Gasteiger partial charge < -0.3 is 4.74 Å². The summed E-state index contributed by atoms with van der Waals surface area (Å²) in [5, 5.41) is 0. The summed E-state index contributed by atoms with van der Waals surface area (Å²) in [5.74, 6) is 0. The van der Waals surface area contributed by atoms with Gasteiger partial charge in [0, 0.05) is 28.3 Å². The first kappa shape index (κ1) is 17.9. The zero-order valence-electron chi connectivity index (χ0n) is 16.5. The van der Waals surface area contributed by atoms with Gasteiger partial charge in [0.15, 0.2) is 5.60 Å². The van der Waals surface area contributed by atoms with E-state index in [1.54, 1.807) is 0 Å². The lowest BCUT2D eigenvalue weighted by Gasteiger charge is -2.32. The average molecular weight is 451 g/mol. The first-order chi connectivity index (χ1) is 14.8. The number of hydrogen-bond donors (Lipinski definition) is 0. The molecule has 144 valence electrons. The van der Waals surface area contributed by atoms with Gasteiger partial charge in [-0.25, -0.2) is 0 Å². The first-order valence-electron chi connectivity index (χ1n) is 10.1. The maximum atomic E-state index is 6.45. The van der Waals surface area contributed by atoms with Crippen molar-refractivity contribution >= 4 is 21.5 Å². The third kappa shape index (κ3) is 2.15. The van der Waals surface area contributed by atoms with Gasteiger partial charge in [-0.3, -0.25) is 0 Å². The van der Waals surface area contributed by atoms with Gasteiger partial charge in [0.05, 0.1) is 0 Å². The van der Waals surface area contributed by atoms with Gasteiger partial charge in [-0.2, -0.15) is 0 Å². The SMILES string of the molecule is COC1(C(Br)=C2c3ccccc3-c3ccccc32)c2ccccc2-c2ccccc21. The highest BCUT2D eigenvalue weighted by molar-refractivity contribution is 9.12. The Morgan fingerprint density at radius 1 is 0.567 bits per heavy atom. The van der Waals surface area contributed by atoms with E-state index >= 15 is 0 Å². The molecule has 0 saturated carbocycles. The predicted octanol–water partition coefficient (Wildman–Crippen LogP) is 7.39. The molecule has 0 aliphatic heterocycles. The minimum Gasteiger partial charge on any atom is -0.363 e. The lowest BCUT2D eigenvalue weighted by Crippen LogP contribution is -2.28. The van der Waals surface area contributed by atoms with Crippen LogP contribution in [-0.2, 0) is 10.3 Å². The summed E-state index contributed by atoms with van der Waals surface area (Å²) in [6, 6.07) is 34.4. The summed E-state index contributed by atoms with van der Waals surface area (Å²) in [4.78, 5) is 0. The van der Waals surface area contributed by atoms with Crippen LogP contribution in [0.1, 0.15) is 22.3 Å². The molecule has 1 nitrogen and oxygen atoms in total. The Labute approximate surface area is 184 Å². The van der Waals surface area contributed by atoms with E-state index in [-0.39, 0.29) is 0 Å². The Kier molecular flexibility index (Phi) is 3.89. The summed E-state index contributed by atoms with van der Waals surface area (Å²) in [5.41, 5.74) is 10.3. The zero-order valence-corrected chi connectivity index (χ0v) is 18.1. The van der Waals surface area contributed by atoms with E-state index in [0.717, 1.165) is 4.48 Å². The topological polar surface area (TPSA) is 9.23 Å². The fourth-order valence-electron chi connectivity index (χ4n) is 5.17. The minimum absolute atomic E-state index is 0.687. The minimum atomic E-state index is -0.687. The zero-order chi connectivity index (χ0) is 20.3. The van der Waals surface area contributed by atoms with Gasteiger partial charge in [0.1, 0.15) is 0 Å². The molecule has 2 aliphatic rings. The number of fused-ring (bicyclic) bond motifs is 6. The third-order valence-electron chi connectivity index (χ3n) is 6.42. The van der Waals surface area contributed by atoms with E-state index in [9.17, 15) is 0 Å². The molecule has 0 bridgehead atoms. The van der Waals surface area contributed by atoms with Gasteiger partial charge in [-0.1, -0.05) is 113 Å². The predicted molar refractivity (Wildman–Crippen MR) is 126 cm³/mol. The molecular weight excluding hydrogens is 432 g/mol. The maximum absolute atomic E-state index is 6.45. The molecule has 0 unspecified atom stereocenters. The Bertz CT molecular complexity index is 1260. The van der Waals surface area contributed by atoms with Crippen molar-refractivity contribution in [3.63, 3.8) is 0 Å². The van der Waals surface area contributed by atoms with E-state index in [1.807, 2.05) is 7.11 Å². The number of benzene rings is 4. The largest absolute Gasteiger partial charge is 0.363 e. The molecular formula is C28H19BrO. The van der Waals surface area contributed by atoms with Gasteiger partial charge >= 0.3 is 0 Å². The van der Waals surface area contributed by atoms with Crippen LogP contribution in [0.3, 0.4) is 0 Å². The lowest BCUT2D eigenvalue weighted by atomic mass is 9.86. The van der Waals surface area contributed by atoms with Crippen molar-refractivity contribution in [2.45, 2.75) is 5.60 Å². The van der Waals surface area contributed by atoms with Crippen LogP contribution in [0.5, 0.6) is 0 Å². The first-order valence-corrected chi connectivity index (χ1v) is 10.9. The molecule has 0 radical (unpaired) electrons. The highest BCUT2D eigenvalue weighted by Crippen LogP contribution is 2.58. The van der Waals surface area contributed by atoms with Crippen LogP contribution in [0.2, 0.25) is 0 Å². The van der Waals surface area contributed by atoms with Crippen LogP contribution in [0.4, 0.5) is 0 Å². The van der Waals surface area contributed by atoms with Gasteiger partial charge in [-0.05, 0) is 33.4 Å². The molecule has 0 spiro atoms. The summed E-state index contributed by atoms with van der Waals surface area (Å²) < 4.78 is 7.50. The van der Waals surface area contributed by atoms with Crippen molar-refractivity contribution in [3.8, 4) is 22.3 Å². The number of methoxy groups -OCH3 is 1. The maximum Gasteiger partial charge on any atom is 0.151 e. The Morgan fingerprint density at radius 2 is 0.933 bits per heavy atom. The normalized spacial score (nSPS) is 14.7. The molecule has 0 heterocycles. The van der Waals surface area contributed by atoms with Gasteiger partial charge in [0.2, 0.25) is 0 Å². The van der Waals surface area contributed by atoms with Crippen molar-refractivity contribution in [1.29, 1.82) is 0 Å². The van der Waals surface area contributed by atoms with Gasteiger partial charge in [-0.15, -0.1) is 0 Å². The number of rotatable bonds is 2. The Morgan fingerprint density at radius 3 is 1.37 bits per heavy atom. The van der Waals surface area contributed by atoms with Crippen molar-refractivity contribution in [1.82, 2.24) is 0 Å². The van der Waals surface area contributed by atoms with Crippen molar-refractivity contribution in [2.24, 2.45) is 0 Å². The molecule has 0 saturated heterocycles. The number of ether oxygens (including phenoxy) is 1. The van der Waals surface area contributed by atoms with Crippen molar-refractivity contribution in [3.05, 3.63) is 124 Å².